The number of H-pyrrole nitrogens is 1. The van der Waals surface area contributed by atoms with Gasteiger partial charge in [-0.25, -0.2) is 4.39 Å². The summed E-state index contributed by atoms with van der Waals surface area (Å²) < 4.78 is 25.2. The van der Waals surface area contributed by atoms with E-state index >= 15 is 0 Å². The first kappa shape index (κ1) is 19.4. The van der Waals surface area contributed by atoms with E-state index in [0.29, 0.717) is 35.6 Å². The Morgan fingerprint density at radius 2 is 1.89 bits per heavy atom. The van der Waals surface area contributed by atoms with Crippen molar-refractivity contribution < 1.29 is 18.7 Å². The predicted octanol–water partition coefficient (Wildman–Crippen LogP) is 2.91. The van der Waals surface area contributed by atoms with Gasteiger partial charge in [0, 0.05) is 18.2 Å². The molecule has 0 atom stereocenters. The molecule has 1 heterocycles. The van der Waals surface area contributed by atoms with Crippen molar-refractivity contribution in [2.75, 3.05) is 13.2 Å². The molecule has 0 saturated carbocycles. The molecule has 0 bridgehead atoms. The largest absolute Gasteiger partial charge is 0.491 e. The Bertz CT molecular complexity index is 1040. The molecule has 7 heteroatoms. The van der Waals surface area contributed by atoms with Crippen LogP contribution in [0, 0.1) is 5.82 Å². The Kier molecular flexibility index (Phi) is 5.93. The van der Waals surface area contributed by atoms with Gasteiger partial charge in [-0.3, -0.25) is 9.59 Å². The average molecular weight is 384 g/mol. The summed E-state index contributed by atoms with van der Waals surface area (Å²) in [5.74, 6) is -0.190. The van der Waals surface area contributed by atoms with E-state index < -0.39 is 11.7 Å². The van der Waals surface area contributed by atoms with E-state index in [-0.39, 0.29) is 17.4 Å². The number of benzene rings is 2. The lowest BCUT2D eigenvalue weighted by Crippen LogP contribution is -2.20. The minimum Gasteiger partial charge on any atom is -0.491 e. The monoisotopic (exact) mass is 384 g/mol. The van der Waals surface area contributed by atoms with Gasteiger partial charge in [0.15, 0.2) is 12.0 Å². The molecular formula is C21H21FN2O4. The van der Waals surface area contributed by atoms with Crippen molar-refractivity contribution in [2.24, 2.45) is 5.73 Å². The molecule has 0 fully saturated rings. The molecule has 0 aliphatic heterocycles. The first-order valence-electron chi connectivity index (χ1n) is 8.95. The van der Waals surface area contributed by atoms with E-state index in [1.165, 1.54) is 12.1 Å². The fourth-order valence-corrected chi connectivity index (χ4v) is 2.85. The summed E-state index contributed by atoms with van der Waals surface area (Å²) in [6.07, 6.45) is 2.71. The van der Waals surface area contributed by atoms with E-state index in [1.54, 1.807) is 30.5 Å². The molecule has 3 rings (SSSR count). The molecule has 0 radical (unpaired) electrons. The number of pyridine rings is 1. The zero-order valence-corrected chi connectivity index (χ0v) is 15.5. The van der Waals surface area contributed by atoms with Crippen LogP contribution in [0.1, 0.15) is 24.5 Å². The Hall–Kier alpha value is -3.35. The third-order valence-electron chi connectivity index (χ3n) is 4.19. The summed E-state index contributed by atoms with van der Waals surface area (Å²) in [5, 5.41) is -0.00693. The zero-order chi connectivity index (χ0) is 20.1. The van der Waals surface area contributed by atoms with Crippen LogP contribution >= 0.6 is 0 Å². The second kappa shape index (κ2) is 8.56. The van der Waals surface area contributed by atoms with Crippen LogP contribution in [0.2, 0.25) is 0 Å². The maximum atomic E-state index is 14.3. The van der Waals surface area contributed by atoms with Gasteiger partial charge in [-0.15, -0.1) is 0 Å². The van der Waals surface area contributed by atoms with Gasteiger partial charge in [0.25, 0.3) is 5.91 Å². The van der Waals surface area contributed by atoms with Gasteiger partial charge >= 0.3 is 0 Å². The van der Waals surface area contributed by atoms with Crippen LogP contribution in [-0.2, 0) is 11.2 Å². The second-order valence-electron chi connectivity index (χ2n) is 6.36. The van der Waals surface area contributed by atoms with Crippen LogP contribution < -0.4 is 20.6 Å². The maximum absolute atomic E-state index is 14.3. The molecule has 3 aromatic rings. The molecule has 0 unspecified atom stereocenters. The molecule has 1 amide bonds. The summed E-state index contributed by atoms with van der Waals surface area (Å²) >= 11 is 0. The van der Waals surface area contributed by atoms with Crippen LogP contribution in [0.3, 0.4) is 0 Å². The van der Waals surface area contributed by atoms with E-state index in [4.69, 9.17) is 15.2 Å². The summed E-state index contributed by atoms with van der Waals surface area (Å²) in [6, 6.07) is 9.69. The molecule has 2 aromatic carbocycles. The summed E-state index contributed by atoms with van der Waals surface area (Å²) in [6.45, 7) is 2.25. The zero-order valence-electron chi connectivity index (χ0n) is 15.5. The average Bonchev–Trinajstić information content (AvgIpc) is 2.68. The van der Waals surface area contributed by atoms with Crippen molar-refractivity contribution in [1.82, 2.24) is 4.98 Å². The van der Waals surface area contributed by atoms with Gasteiger partial charge in [-0.2, -0.15) is 0 Å². The lowest BCUT2D eigenvalue weighted by molar-refractivity contribution is -0.119. The first-order chi connectivity index (χ1) is 13.5. The Morgan fingerprint density at radius 1 is 1.14 bits per heavy atom. The van der Waals surface area contributed by atoms with Gasteiger partial charge in [0.2, 0.25) is 0 Å². The normalized spacial score (nSPS) is 10.8. The van der Waals surface area contributed by atoms with Crippen molar-refractivity contribution in [1.29, 1.82) is 0 Å². The Morgan fingerprint density at radius 3 is 2.57 bits per heavy atom. The minimum absolute atomic E-state index is 0.00693. The number of primary amides is 1. The van der Waals surface area contributed by atoms with Gasteiger partial charge in [-0.05, 0) is 36.2 Å². The Balaban J connectivity index is 1.88. The minimum atomic E-state index is -0.586. The standard InChI is InChI=1S/C21H21FN2O4/c1-2-9-27-17-8-7-16(22)19-20(17)24-11-14(21(19)26)10-13-3-5-15(6-4-13)28-12-18(23)25/h3-8,11H,2,9-10,12H2,1H3,(H2,23,25)(H,24,26). The highest BCUT2D eigenvalue weighted by Gasteiger charge is 2.14. The number of halogens is 1. The Labute approximate surface area is 161 Å². The van der Waals surface area contributed by atoms with E-state index in [1.807, 2.05) is 6.92 Å². The molecule has 28 heavy (non-hydrogen) atoms. The van der Waals surface area contributed by atoms with Crippen molar-refractivity contribution in [3.63, 3.8) is 0 Å². The fourth-order valence-electron chi connectivity index (χ4n) is 2.85. The number of nitrogens with one attached hydrogen (secondary N) is 1. The van der Waals surface area contributed by atoms with Crippen LogP contribution in [0.15, 0.2) is 47.4 Å². The highest BCUT2D eigenvalue weighted by Crippen LogP contribution is 2.25. The number of aromatic nitrogens is 1. The van der Waals surface area contributed by atoms with Crippen molar-refractivity contribution in [3.05, 3.63) is 69.8 Å². The highest BCUT2D eigenvalue weighted by molar-refractivity contribution is 5.85. The predicted molar refractivity (Wildman–Crippen MR) is 104 cm³/mol. The number of fused-ring (bicyclic) bond motifs is 1. The number of aromatic amines is 1. The maximum Gasteiger partial charge on any atom is 0.255 e. The smallest absolute Gasteiger partial charge is 0.255 e. The quantitative estimate of drug-likeness (QED) is 0.624. The van der Waals surface area contributed by atoms with Gasteiger partial charge in [-0.1, -0.05) is 19.1 Å². The third kappa shape index (κ3) is 4.31. The van der Waals surface area contributed by atoms with Gasteiger partial charge in [0.1, 0.15) is 17.3 Å². The molecule has 0 saturated heterocycles. The number of ether oxygens (including phenoxy) is 2. The van der Waals surface area contributed by atoms with E-state index in [2.05, 4.69) is 4.98 Å². The lowest BCUT2D eigenvalue weighted by Gasteiger charge is -2.10. The molecule has 146 valence electrons. The fraction of sp³-hybridized carbons (Fsp3) is 0.238. The molecule has 0 spiro atoms. The SMILES string of the molecule is CCCOc1ccc(F)c2c(=O)c(Cc3ccc(OCC(N)=O)cc3)c[nH]c12. The van der Waals surface area contributed by atoms with Crippen molar-refractivity contribution in [2.45, 2.75) is 19.8 Å². The number of hydrogen-bond donors (Lipinski definition) is 2. The van der Waals surface area contributed by atoms with Gasteiger partial charge in [0.05, 0.1) is 17.5 Å². The molecule has 1 aromatic heterocycles. The number of nitrogens with two attached hydrogens (primary N) is 1. The topological polar surface area (TPSA) is 94.4 Å². The number of carbonyl (C=O) groups is 1. The van der Waals surface area contributed by atoms with Crippen LogP contribution in [0.5, 0.6) is 11.5 Å². The summed E-state index contributed by atoms with van der Waals surface area (Å²) in [7, 11) is 0. The first-order valence-corrected chi connectivity index (χ1v) is 8.95. The van der Waals surface area contributed by atoms with Gasteiger partial charge < -0.3 is 20.2 Å². The number of rotatable bonds is 8. The number of carbonyl (C=O) groups excluding carboxylic acids is 1. The van der Waals surface area contributed by atoms with E-state index in [9.17, 15) is 14.0 Å². The molecular weight excluding hydrogens is 363 g/mol. The van der Waals surface area contributed by atoms with Crippen molar-refractivity contribution >= 4 is 16.8 Å². The molecule has 0 aliphatic rings. The van der Waals surface area contributed by atoms with E-state index in [0.717, 1.165) is 12.0 Å². The van der Waals surface area contributed by atoms with Crippen LogP contribution in [0.4, 0.5) is 4.39 Å². The van der Waals surface area contributed by atoms with Crippen LogP contribution in [0.25, 0.3) is 10.9 Å². The third-order valence-corrected chi connectivity index (χ3v) is 4.19. The molecule has 0 aliphatic carbocycles. The lowest BCUT2D eigenvalue weighted by atomic mass is 10.0. The van der Waals surface area contributed by atoms with Crippen molar-refractivity contribution in [3.8, 4) is 11.5 Å². The number of amides is 1. The second-order valence-corrected chi connectivity index (χ2v) is 6.36. The summed E-state index contributed by atoms with van der Waals surface area (Å²) in [5.41, 5.74) is 6.31. The molecule has 6 nitrogen and oxygen atoms in total. The van der Waals surface area contributed by atoms with Crippen LogP contribution in [-0.4, -0.2) is 24.1 Å². The summed E-state index contributed by atoms with van der Waals surface area (Å²) in [4.78, 5) is 26.6. The highest BCUT2D eigenvalue weighted by atomic mass is 19.1. The molecule has 3 N–H and O–H groups in total. The number of hydrogen-bond acceptors (Lipinski definition) is 4.